The third-order valence-electron chi connectivity index (χ3n) is 4.31. The fraction of sp³-hybridized carbons (Fsp3) is 0.765. The van der Waals surface area contributed by atoms with Gasteiger partial charge in [-0.1, -0.05) is 13.8 Å². The molecule has 3 heterocycles. The van der Waals surface area contributed by atoms with E-state index in [0.717, 1.165) is 12.0 Å². The van der Waals surface area contributed by atoms with Gasteiger partial charge in [0.2, 0.25) is 0 Å². The first-order valence-corrected chi connectivity index (χ1v) is 8.89. The molecular weight excluding hydrogens is 321 g/mol. The fourth-order valence-corrected chi connectivity index (χ4v) is 2.99. The van der Waals surface area contributed by atoms with Gasteiger partial charge in [0.25, 0.3) is 0 Å². The Morgan fingerprint density at radius 3 is 2.68 bits per heavy atom. The lowest BCUT2D eigenvalue weighted by atomic mass is 9.80. The van der Waals surface area contributed by atoms with Gasteiger partial charge in [-0.3, -0.25) is 4.68 Å². The molecule has 0 aliphatic carbocycles. The monoisotopic (exact) mass is 349 g/mol. The molecule has 0 spiro atoms. The summed E-state index contributed by atoms with van der Waals surface area (Å²) >= 11 is 0. The summed E-state index contributed by atoms with van der Waals surface area (Å²) in [5, 5.41) is 4.62. The van der Waals surface area contributed by atoms with Crippen LogP contribution >= 0.6 is 0 Å². The second kappa shape index (κ2) is 6.65. The Morgan fingerprint density at radius 1 is 1.36 bits per heavy atom. The van der Waals surface area contributed by atoms with Gasteiger partial charge in [-0.05, 0) is 33.3 Å². The summed E-state index contributed by atoms with van der Waals surface area (Å²) in [5.74, 6) is 0. The Labute approximate surface area is 149 Å². The van der Waals surface area contributed by atoms with Crippen LogP contribution in [-0.2, 0) is 14.0 Å². The molecule has 3 rings (SSSR count). The molecule has 1 aromatic rings. The number of aromatic nitrogens is 2. The number of amides is 1. The van der Waals surface area contributed by atoms with Crippen molar-refractivity contribution in [3.63, 3.8) is 0 Å². The van der Waals surface area contributed by atoms with Crippen LogP contribution in [-0.4, -0.2) is 59.8 Å². The van der Waals surface area contributed by atoms with Crippen molar-refractivity contribution in [1.82, 2.24) is 14.7 Å². The van der Waals surface area contributed by atoms with Crippen LogP contribution in [0.3, 0.4) is 0 Å². The van der Waals surface area contributed by atoms with Crippen molar-refractivity contribution in [2.45, 2.75) is 52.7 Å². The molecule has 2 saturated heterocycles. The van der Waals surface area contributed by atoms with Gasteiger partial charge in [0.1, 0.15) is 5.60 Å². The van der Waals surface area contributed by atoms with Crippen LogP contribution in [0.1, 0.15) is 47.1 Å². The highest BCUT2D eigenvalue weighted by atomic mass is 16.6. The Hall–Kier alpha value is -1.54. The van der Waals surface area contributed by atoms with E-state index in [9.17, 15) is 4.79 Å². The average molecular weight is 349 g/mol. The highest BCUT2D eigenvalue weighted by molar-refractivity contribution is 6.60. The molecule has 25 heavy (non-hydrogen) atoms. The molecule has 1 amide bonds. The van der Waals surface area contributed by atoms with Gasteiger partial charge in [0.05, 0.1) is 11.6 Å². The summed E-state index contributed by atoms with van der Waals surface area (Å²) in [7, 11) is -0.405. The fourth-order valence-electron chi connectivity index (χ4n) is 2.99. The molecule has 0 radical (unpaired) electrons. The van der Waals surface area contributed by atoms with E-state index < -0.39 is 12.7 Å². The summed E-state index contributed by atoms with van der Waals surface area (Å²) in [6.07, 6.45) is 2.54. The number of nitrogens with zero attached hydrogens (tertiary/aromatic N) is 3. The number of ether oxygens (including phenoxy) is 1. The van der Waals surface area contributed by atoms with E-state index in [4.69, 9.17) is 14.0 Å². The molecular formula is C17H28BN3O4. The minimum absolute atomic E-state index is 0.0401. The van der Waals surface area contributed by atoms with E-state index in [1.807, 2.05) is 37.7 Å². The van der Waals surface area contributed by atoms with Gasteiger partial charge in [-0.25, -0.2) is 4.79 Å². The SMILES string of the molecule is CC1(C)COB(c2ccn(C3CCN(C(=O)OC(C)(C)C)C3)n2)OC1. The van der Waals surface area contributed by atoms with E-state index in [2.05, 4.69) is 18.9 Å². The number of rotatable bonds is 2. The molecule has 1 atom stereocenters. The van der Waals surface area contributed by atoms with Gasteiger partial charge < -0.3 is 18.9 Å². The highest BCUT2D eigenvalue weighted by Gasteiger charge is 2.36. The van der Waals surface area contributed by atoms with Crippen molar-refractivity contribution in [2.75, 3.05) is 26.3 Å². The number of hydrogen-bond donors (Lipinski definition) is 0. The molecule has 2 aliphatic rings. The molecule has 2 aliphatic heterocycles. The zero-order valence-corrected chi connectivity index (χ0v) is 15.8. The summed E-state index contributed by atoms with van der Waals surface area (Å²) < 4.78 is 18.9. The molecule has 138 valence electrons. The van der Waals surface area contributed by atoms with Gasteiger partial charge in [0.15, 0.2) is 0 Å². The maximum atomic E-state index is 12.2. The Morgan fingerprint density at radius 2 is 2.04 bits per heavy atom. The summed E-state index contributed by atoms with van der Waals surface area (Å²) in [5.41, 5.74) is 0.349. The van der Waals surface area contributed by atoms with Crippen molar-refractivity contribution < 1.29 is 18.8 Å². The molecule has 1 unspecified atom stereocenters. The lowest BCUT2D eigenvalue weighted by Crippen LogP contribution is -2.48. The maximum absolute atomic E-state index is 12.2. The van der Waals surface area contributed by atoms with Gasteiger partial charge in [0, 0.05) is 37.9 Å². The van der Waals surface area contributed by atoms with E-state index in [1.54, 1.807) is 4.90 Å². The van der Waals surface area contributed by atoms with E-state index >= 15 is 0 Å². The lowest BCUT2D eigenvalue weighted by molar-refractivity contribution is 0.0287. The topological polar surface area (TPSA) is 65.8 Å². The zero-order valence-electron chi connectivity index (χ0n) is 15.8. The zero-order chi connectivity index (χ0) is 18.2. The molecule has 0 saturated carbocycles. The van der Waals surface area contributed by atoms with Crippen LogP contribution in [0.25, 0.3) is 0 Å². The molecule has 1 aromatic heterocycles. The number of likely N-dealkylation sites (tertiary alicyclic amines) is 1. The van der Waals surface area contributed by atoms with E-state index in [0.29, 0.717) is 26.3 Å². The normalized spacial score (nSPS) is 23.8. The van der Waals surface area contributed by atoms with Gasteiger partial charge >= 0.3 is 13.2 Å². The first-order chi connectivity index (χ1) is 11.6. The Kier molecular flexibility index (Phi) is 4.85. The van der Waals surface area contributed by atoms with Crippen LogP contribution in [0, 0.1) is 5.41 Å². The van der Waals surface area contributed by atoms with Crippen LogP contribution in [0.4, 0.5) is 4.79 Å². The van der Waals surface area contributed by atoms with Crippen LogP contribution < -0.4 is 5.59 Å². The van der Waals surface area contributed by atoms with Crippen molar-refractivity contribution in [1.29, 1.82) is 0 Å². The standard InChI is InChI=1S/C17H28BN3O4/c1-16(2,3)25-15(22)20-8-6-13(10-20)21-9-7-14(19-21)18-23-11-17(4,5)12-24-18/h7,9,13H,6,8,10-12H2,1-5H3. The van der Waals surface area contributed by atoms with E-state index in [-0.39, 0.29) is 17.6 Å². The molecule has 7 nitrogen and oxygen atoms in total. The molecule has 0 bridgehead atoms. The van der Waals surface area contributed by atoms with Crippen LogP contribution in [0.5, 0.6) is 0 Å². The number of hydrogen-bond acceptors (Lipinski definition) is 5. The molecule has 8 heteroatoms. The number of carbonyl (C=O) groups excluding carboxylic acids is 1. The number of carbonyl (C=O) groups is 1. The molecule has 0 N–H and O–H groups in total. The predicted molar refractivity (Wildman–Crippen MR) is 94.8 cm³/mol. The smallest absolute Gasteiger partial charge is 0.444 e. The Bertz CT molecular complexity index is 616. The minimum Gasteiger partial charge on any atom is -0.444 e. The largest absolute Gasteiger partial charge is 0.515 e. The quantitative estimate of drug-likeness (QED) is 0.763. The molecule has 0 aromatic carbocycles. The minimum atomic E-state index is -0.475. The van der Waals surface area contributed by atoms with E-state index in [1.165, 1.54) is 0 Å². The third kappa shape index (κ3) is 4.55. The first-order valence-electron chi connectivity index (χ1n) is 8.89. The second-order valence-corrected chi connectivity index (χ2v) is 8.71. The Balaban J connectivity index is 1.57. The van der Waals surface area contributed by atoms with Gasteiger partial charge in [-0.15, -0.1) is 0 Å². The maximum Gasteiger partial charge on any atom is 0.515 e. The van der Waals surface area contributed by atoms with Crippen LogP contribution in [0.2, 0.25) is 0 Å². The third-order valence-corrected chi connectivity index (χ3v) is 4.31. The molecule has 2 fully saturated rings. The highest BCUT2D eigenvalue weighted by Crippen LogP contribution is 2.24. The van der Waals surface area contributed by atoms with Crippen molar-refractivity contribution in [3.05, 3.63) is 12.3 Å². The summed E-state index contributed by atoms with van der Waals surface area (Å²) in [6, 6.07) is 2.08. The van der Waals surface area contributed by atoms with Crippen LogP contribution in [0.15, 0.2) is 12.3 Å². The average Bonchev–Trinajstić information content (AvgIpc) is 3.14. The van der Waals surface area contributed by atoms with Gasteiger partial charge in [-0.2, -0.15) is 5.10 Å². The summed E-state index contributed by atoms with van der Waals surface area (Å²) in [6.45, 7) is 12.5. The lowest BCUT2D eigenvalue weighted by Gasteiger charge is -2.32. The first kappa shape index (κ1) is 18.3. The van der Waals surface area contributed by atoms with Crippen molar-refractivity contribution in [2.24, 2.45) is 5.41 Å². The predicted octanol–water partition coefficient (Wildman–Crippen LogP) is 1.83. The second-order valence-electron chi connectivity index (χ2n) is 8.71. The van der Waals surface area contributed by atoms with Crippen molar-refractivity contribution >= 4 is 18.8 Å². The summed E-state index contributed by atoms with van der Waals surface area (Å²) in [4.78, 5) is 13.9. The van der Waals surface area contributed by atoms with Crippen molar-refractivity contribution in [3.8, 4) is 0 Å².